The molecular formula is C13H26. The van der Waals surface area contributed by atoms with Crippen molar-refractivity contribution in [3.8, 4) is 0 Å². The summed E-state index contributed by atoms with van der Waals surface area (Å²) in [5.74, 6) is 2.99. The van der Waals surface area contributed by atoms with E-state index in [-0.39, 0.29) is 0 Å². The molecule has 0 saturated heterocycles. The molecule has 0 heteroatoms. The molecule has 0 aromatic carbocycles. The van der Waals surface area contributed by atoms with Crippen LogP contribution in [0.2, 0.25) is 0 Å². The van der Waals surface area contributed by atoms with Gasteiger partial charge in [0.1, 0.15) is 0 Å². The van der Waals surface area contributed by atoms with E-state index in [4.69, 9.17) is 0 Å². The molecule has 0 aliphatic heterocycles. The fourth-order valence-corrected chi connectivity index (χ4v) is 2.12. The molecule has 78 valence electrons. The Hall–Kier alpha value is -0.260. The van der Waals surface area contributed by atoms with Crippen LogP contribution in [0.3, 0.4) is 0 Å². The molecule has 0 amide bonds. The number of rotatable bonds is 5. The highest BCUT2D eigenvalue weighted by Gasteiger charge is 2.24. The van der Waals surface area contributed by atoms with Crippen LogP contribution in [0.4, 0.5) is 0 Å². The lowest BCUT2D eigenvalue weighted by atomic mass is 9.73. The van der Waals surface area contributed by atoms with Gasteiger partial charge in [-0.15, -0.1) is 0 Å². The smallest absolute Gasteiger partial charge is 0.0155 e. The Balaban J connectivity index is 4.50. The van der Waals surface area contributed by atoms with Crippen LogP contribution in [0.5, 0.6) is 0 Å². The monoisotopic (exact) mass is 182 g/mol. The normalized spacial score (nSPS) is 18.4. The molecule has 13 heavy (non-hydrogen) atoms. The van der Waals surface area contributed by atoms with Gasteiger partial charge in [0.05, 0.1) is 0 Å². The first kappa shape index (κ1) is 12.7. The average Bonchev–Trinajstić information content (AvgIpc) is 2.03. The van der Waals surface area contributed by atoms with Crippen LogP contribution in [-0.2, 0) is 0 Å². The molecule has 0 fully saturated rings. The third-order valence-electron chi connectivity index (χ3n) is 3.44. The van der Waals surface area contributed by atoms with Crippen molar-refractivity contribution in [2.45, 2.75) is 48.0 Å². The third kappa shape index (κ3) is 3.54. The first-order valence-corrected chi connectivity index (χ1v) is 5.57. The summed E-state index contributed by atoms with van der Waals surface area (Å²) in [6.45, 7) is 17.9. The Morgan fingerprint density at radius 2 is 1.62 bits per heavy atom. The molecule has 0 heterocycles. The van der Waals surface area contributed by atoms with Crippen molar-refractivity contribution >= 4 is 0 Å². The molecular weight excluding hydrogens is 156 g/mol. The summed E-state index contributed by atoms with van der Waals surface area (Å²) in [5, 5.41) is 0. The van der Waals surface area contributed by atoms with Gasteiger partial charge < -0.3 is 0 Å². The van der Waals surface area contributed by atoms with Gasteiger partial charge in [-0.3, -0.25) is 0 Å². The molecule has 0 bridgehead atoms. The summed E-state index contributed by atoms with van der Waals surface area (Å²) in [6.07, 6.45) is 1.26. The lowest BCUT2D eigenvalue weighted by Crippen LogP contribution is -2.24. The Kier molecular flexibility index (Phi) is 5.36. The fraction of sp³-hybridized carbons (Fsp3) is 0.846. The van der Waals surface area contributed by atoms with Gasteiger partial charge >= 0.3 is 0 Å². The molecule has 0 radical (unpaired) electrons. The summed E-state index contributed by atoms with van der Waals surface area (Å²) < 4.78 is 0. The van der Waals surface area contributed by atoms with Gasteiger partial charge in [0.25, 0.3) is 0 Å². The van der Waals surface area contributed by atoms with Crippen LogP contribution in [0.25, 0.3) is 0 Å². The summed E-state index contributed by atoms with van der Waals surface area (Å²) >= 11 is 0. The number of hydrogen-bond donors (Lipinski definition) is 0. The standard InChI is InChI=1S/C13H26/c1-8-11(6)13(10(4)5)12(7)9(2)3/h9,11-13H,4,8H2,1-3,5-7H3. The van der Waals surface area contributed by atoms with Crippen LogP contribution in [0.1, 0.15) is 48.0 Å². The topological polar surface area (TPSA) is 0 Å². The van der Waals surface area contributed by atoms with Crippen molar-refractivity contribution < 1.29 is 0 Å². The minimum absolute atomic E-state index is 0.699. The second-order valence-electron chi connectivity index (χ2n) is 4.86. The highest BCUT2D eigenvalue weighted by Crippen LogP contribution is 2.33. The maximum Gasteiger partial charge on any atom is -0.0155 e. The van der Waals surface area contributed by atoms with Crippen LogP contribution >= 0.6 is 0 Å². The van der Waals surface area contributed by atoms with E-state index in [1.165, 1.54) is 12.0 Å². The molecule has 0 spiro atoms. The van der Waals surface area contributed by atoms with Crippen LogP contribution in [0, 0.1) is 23.7 Å². The van der Waals surface area contributed by atoms with E-state index in [1.807, 2.05) is 0 Å². The van der Waals surface area contributed by atoms with Crippen molar-refractivity contribution in [1.29, 1.82) is 0 Å². The van der Waals surface area contributed by atoms with E-state index < -0.39 is 0 Å². The van der Waals surface area contributed by atoms with E-state index in [0.717, 1.165) is 17.8 Å². The number of hydrogen-bond acceptors (Lipinski definition) is 0. The van der Waals surface area contributed by atoms with Crippen LogP contribution in [-0.4, -0.2) is 0 Å². The fourth-order valence-electron chi connectivity index (χ4n) is 2.12. The largest absolute Gasteiger partial charge is 0.0998 e. The lowest BCUT2D eigenvalue weighted by molar-refractivity contribution is 0.235. The van der Waals surface area contributed by atoms with Crippen molar-refractivity contribution in [2.75, 3.05) is 0 Å². The molecule has 0 aromatic heterocycles. The van der Waals surface area contributed by atoms with E-state index >= 15 is 0 Å². The Labute approximate surface area is 84.4 Å². The van der Waals surface area contributed by atoms with E-state index in [9.17, 15) is 0 Å². The van der Waals surface area contributed by atoms with Gasteiger partial charge in [-0.2, -0.15) is 0 Å². The highest BCUT2D eigenvalue weighted by atomic mass is 14.3. The maximum atomic E-state index is 4.13. The predicted molar refractivity (Wildman–Crippen MR) is 61.8 cm³/mol. The third-order valence-corrected chi connectivity index (χ3v) is 3.44. The van der Waals surface area contributed by atoms with Gasteiger partial charge in [-0.05, 0) is 30.6 Å². The van der Waals surface area contributed by atoms with Crippen LogP contribution in [0.15, 0.2) is 12.2 Å². The second-order valence-corrected chi connectivity index (χ2v) is 4.86. The molecule has 0 N–H and O–H groups in total. The van der Waals surface area contributed by atoms with Crippen LogP contribution < -0.4 is 0 Å². The Bertz CT molecular complexity index is 155. The minimum atomic E-state index is 0.699. The summed E-state index contributed by atoms with van der Waals surface area (Å²) in [5.41, 5.74) is 1.36. The van der Waals surface area contributed by atoms with E-state index in [1.54, 1.807) is 0 Å². The van der Waals surface area contributed by atoms with Crippen molar-refractivity contribution in [3.05, 3.63) is 12.2 Å². The van der Waals surface area contributed by atoms with E-state index in [0.29, 0.717) is 5.92 Å². The molecule has 0 aliphatic carbocycles. The SMILES string of the molecule is C=C(C)C(C(C)CC)C(C)C(C)C. The second kappa shape index (κ2) is 5.47. The Morgan fingerprint density at radius 1 is 1.15 bits per heavy atom. The average molecular weight is 182 g/mol. The summed E-state index contributed by atoms with van der Waals surface area (Å²) in [6, 6.07) is 0. The molecule has 0 nitrogen and oxygen atoms in total. The molecule has 3 atom stereocenters. The zero-order valence-corrected chi connectivity index (χ0v) is 10.2. The van der Waals surface area contributed by atoms with Gasteiger partial charge in [-0.25, -0.2) is 0 Å². The lowest BCUT2D eigenvalue weighted by Gasteiger charge is -2.32. The molecule has 0 saturated carbocycles. The van der Waals surface area contributed by atoms with Crippen molar-refractivity contribution in [3.63, 3.8) is 0 Å². The zero-order valence-electron chi connectivity index (χ0n) is 10.2. The first-order chi connectivity index (χ1) is 5.91. The quantitative estimate of drug-likeness (QED) is 0.548. The minimum Gasteiger partial charge on any atom is -0.0998 e. The van der Waals surface area contributed by atoms with Gasteiger partial charge in [-0.1, -0.05) is 53.2 Å². The van der Waals surface area contributed by atoms with E-state index in [2.05, 4.69) is 48.1 Å². The van der Waals surface area contributed by atoms with Gasteiger partial charge in [0.2, 0.25) is 0 Å². The highest BCUT2D eigenvalue weighted by molar-refractivity contribution is 5.00. The zero-order chi connectivity index (χ0) is 10.6. The first-order valence-electron chi connectivity index (χ1n) is 5.57. The van der Waals surface area contributed by atoms with Crippen molar-refractivity contribution in [1.82, 2.24) is 0 Å². The summed E-state index contributed by atoms with van der Waals surface area (Å²) in [7, 11) is 0. The molecule has 3 unspecified atom stereocenters. The molecule has 0 aromatic rings. The van der Waals surface area contributed by atoms with Crippen molar-refractivity contribution in [2.24, 2.45) is 23.7 Å². The molecule has 0 rings (SSSR count). The van der Waals surface area contributed by atoms with Gasteiger partial charge in [0.15, 0.2) is 0 Å². The molecule has 0 aliphatic rings. The number of allylic oxidation sites excluding steroid dienone is 1. The summed E-state index contributed by atoms with van der Waals surface area (Å²) in [4.78, 5) is 0. The van der Waals surface area contributed by atoms with Gasteiger partial charge in [0, 0.05) is 0 Å². The maximum absolute atomic E-state index is 4.13. The Morgan fingerprint density at radius 3 is 1.85 bits per heavy atom. The predicted octanol–water partition coefficient (Wildman–Crippen LogP) is 4.52.